The summed E-state index contributed by atoms with van der Waals surface area (Å²) in [4.78, 5) is 12.5. The van der Waals surface area contributed by atoms with Crippen molar-refractivity contribution in [2.45, 2.75) is 6.92 Å². The molecule has 0 unspecified atom stereocenters. The number of hydrogen-bond acceptors (Lipinski definition) is 4. The Hall–Kier alpha value is -3.28. The van der Waals surface area contributed by atoms with Crippen molar-refractivity contribution in [3.8, 4) is 17.2 Å². The number of amides is 1. The second-order valence-electron chi connectivity index (χ2n) is 5.44. The lowest BCUT2D eigenvalue weighted by atomic mass is 10.2. The summed E-state index contributed by atoms with van der Waals surface area (Å²) in [5.41, 5.74) is 2.65. The van der Waals surface area contributed by atoms with E-state index in [1.807, 2.05) is 43.3 Å². The monoisotopic (exact) mass is 337 g/mol. The highest BCUT2D eigenvalue weighted by Crippen LogP contribution is 2.24. The molecule has 1 aromatic heterocycles. The molecule has 2 aromatic carbocycles. The number of aromatic nitrogens is 2. The molecule has 3 aromatic rings. The number of para-hydroxylation sites is 2. The van der Waals surface area contributed by atoms with Crippen molar-refractivity contribution in [2.75, 3.05) is 19.5 Å². The van der Waals surface area contributed by atoms with Crippen LogP contribution in [0.2, 0.25) is 0 Å². The van der Waals surface area contributed by atoms with E-state index in [0.717, 1.165) is 17.1 Å². The molecule has 0 aliphatic rings. The molecule has 25 heavy (non-hydrogen) atoms. The highest BCUT2D eigenvalue weighted by molar-refractivity contribution is 6.03. The number of anilines is 1. The molecule has 1 heterocycles. The Morgan fingerprint density at radius 2 is 1.76 bits per heavy atom. The van der Waals surface area contributed by atoms with E-state index in [2.05, 4.69) is 10.4 Å². The Labute approximate surface area is 146 Å². The Morgan fingerprint density at radius 1 is 1.04 bits per heavy atom. The largest absolute Gasteiger partial charge is 0.497 e. The van der Waals surface area contributed by atoms with E-state index in [9.17, 15) is 4.79 Å². The van der Waals surface area contributed by atoms with E-state index < -0.39 is 0 Å². The molecule has 0 aliphatic carbocycles. The summed E-state index contributed by atoms with van der Waals surface area (Å²) in [5.74, 6) is 1.07. The number of methoxy groups -OCH3 is 2. The quantitative estimate of drug-likeness (QED) is 0.774. The predicted molar refractivity (Wildman–Crippen MR) is 95.8 cm³/mol. The van der Waals surface area contributed by atoms with E-state index in [0.29, 0.717) is 17.1 Å². The fourth-order valence-electron chi connectivity index (χ4n) is 2.50. The summed E-state index contributed by atoms with van der Waals surface area (Å²) in [5, 5.41) is 7.24. The summed E-state index contributed by atoms with van der Waals surface area (Å²) in [6.45, 7) is 1.90. The summed E-state index contributed by atoms with van der Waals surface area (Å²) >= 11 is 0. The lowest BCUT2D eigenvalue weighted by molar-refractivity contribution is 0.102. The molecule has 0 atom stereocenters. The van der Waals surface area contributed by atoms with Crippen LogP contribution in [0.4, 0.5) is 5.69 Å². The Bertz CT molecular complexity index is 885. The first-order chi connectivity index (χ1) is 12.1. The van der Waals surface area contributed by atoms with Gasteiger partial charge in [-0.3, -0.25) is 4.79 Å². The summed E-state index contributed by atoms with van der Waals surface area (Å²) < 4.78 is 12.1. The van der Waals surface area contributed by atoms with E-state index in [4.69, 9.17) is 9.47 Å². The minimum Gasteiger partial charge on any atom is -0.497 e. The molecule has 3 rings (SSSR count). The molecule has 0 radical (unpaired) electrons. The molecule has 0 aliphatic heterocycles. The third-order valence-electron chi connectivity index (χ3n) is 3.79. The van der Waals surface area contributed by atoms with Crippen LogP contribution < -0.4 is 14.8 Å². The van der Waals surface area contributed by atoms with Gasteiger partial charge in [0.1, 0.15) is 11.5 Å². The van der Waals surface area contributed by atoms with Crippen molar-refractivity contribution < 1.29 is 14.3 Å². The van der Waals surface area contributed by atoms with E-state index >= 15 is 0 Å². The number of carbonyl (C=O) groups excluding carboxylic acids is 1. The molecule has 6 nitrogen and oxygen atoms in total. The molecule has 6 heteroatoms. The average Bonchev–Trinajstić information content (AvgIpc) is 3.04. The van der Waals surface area contributed by atoms with E-state index in [1.54, 1.807) is 37.1 Å². The van der Waals surface area contributed by atoms with E-state index in [1.165, 1.54) is 0 Å². The SMILES string of the molecule is COc1ccc(-n2nc(C(=O)Nc3ccccc3OC)cc2C)cc1. The van der Waals surface area contributed by atoms with Crippen molar-refractivity contribution in [3.63, 3.8) is 0 Å². The molecule has 1 N–H and O–H groups in total. The number of benzene rings is 2. The van der Waals surface area contributed by atoms with Crippen LogP contribution in [-0.2, 0) is 0 Å². The van der Waals surface area contributed by atoms with E-state index in [-0.39, 0.29) is 5.91 Å². The van der Waals surface area contributed by atoms with Gasteiger partial charge in [0.15, 0.2) is 5.69 Å². The minimum atomic E-state index is -0.292. The van der Waals surface area contributed by atoms with Gasteiger partial charge < -0.3 is 14.8 Å². The maximum Gasteiger partial charge on any atom is 0.276 e. The second kappa shape index (κ2) is 7.09. The lowest BCUT2D eigenvalue weighted by Gasteiger charge is -2.08. The Kier molecular flexibility index (Phi) is 4.70. The van der Waals surface area contributed by atoms with Crippen LogP contribution in [0.5, 0.6) is 11.5 Å². The van der Waals surface area contributed by atoms with Crippen molar-refractivity contribution in [1.29, 1.82) is 0 Å². The average molecular weight is 337 g/mol. The van der Waals surface area contributed by atoms with Crippen LogP contribution in [0.1, 0.15) is 16.2 Å². The van der Waals surface area contributed by atoms with Gasteiger partial charge in [0.05, 0.1) is 25.6 Å². The van der Waals surface area contributed by atoms with Crippen molar-refractivity contribution >= 4 is 11.6 Å². The van der Waals surface area contributed by atoms with Gasteiger partial charge in [-0.2, -0.15) is 5.10 Å². The van der Waals surface area contributed by atoms with Crippen molar-refractivity contribution in [2.24, 2.45) is 0 Å². The van der Waals surface area contributed by atoms with Crippen LogP contribution in [0.3, 0.4) is 0 Å². The fourth-order valence-corrected chi connectivity index (χ4v) is 2.50. The van der Waals surface area contributed by atoms with Gasteiger partial charge in [-0.05, 0) is 49.4 Å². The first-order valence-electron chi connectivity index (χ1n) is 7.78. The highest BCUT2D eigenvalue weighted by Gasteiger charge is 2.15. The topological polar surface area (TPSA) is 65.4 Å². The lowest BCUT2D eigenvalue weighted by Crippen LogP contribution is -2.13. The number of nitrogens with zero attached hydrogens (tertiary/aromatic N) is 2. The minimum absolute atomic E-state index is 0.292. The van der Waals surface area contributed by atoms with Gasteiger partial charge in [-0.1, -0.05) is 12.1 Å². The van der Waals surface area contributed by atoms with Crippen molar-refractivity contribution in [1.82, 2.24) is 9.78 Å². The van der Waals surface area contributed by atoms with Crippen LogP contribution in [0, 0.1) is 6.92 Å². The predicted octanol–water partition coefficient (Wildman–Crippen LogP) is 3.45. The van der Waals surface area contributed by atoms with Gasteiger partial charge in [-0.25, -0.2) is 4.68 Å². The third-order valence-corrected chi connectivity index (χ3v) is 3.79. The summed E-state index contributed by atoms with van der Waals surface area (Å²) in [7, 11) is 3.18. The Balaban J connectivity index is 1.84. The molecule has 0 saturated carbocycles. The maximum absolute atomic E-state index is 12.5. The fraction of sp³-hybridized carbons (Fsp3) is 0.158. The van der Waals surface area contributed by atoms with Crippen molar-refractivity contribution in [3.05, 3.63) is 66.0 Å². The summed E-state index contributed by atoms with van der Waals surface area (Å²) in [6, 6.07) is 16.5. The van der Waals surface area contributed by atoms with Crippen LogP contribution in [0.25, 0.3) is 5.69 Å². The number of nitrogens with one attached hydrogen (secondary N) is 1. The maximum atomic E-state index is 12.5. The first kappa shape index (κ1) is 16.6. The van der Waals surface area contributed by atoms with Gasteiger partial charge >= 0.3 is 0 Å². The molecule has 0 bridgehead atoms. The Morgan fingerprint density at radius 3 is 2.44 bits per heavy atom. The zero-order valence-corrected chi connectivity index (χ0v) is 14.3. The molecule has 1 amide bonds. The number of ether oxygens (including phenoxy) is 2. The molecule has 0 saturated heterocycles. The number of carbonyl (C=O) groups is 1. The van der Waals surface area contributed by atoms with Crippen LogP contribution in [-0.4, -0.2) is 29.9 Å². The van der Waals surface area contributed by atoms with Gasteiger partial charge in [0, 0.05) is 5.69 Å². The molecule has 128 valence electrons. The van der Waals surface area contributed by atoms with Crippen LogP contribution >= 0.6 is 0 Å². The standard InChI is InChI=1S/C19H19N3O3/c1-13-12-17(19(23)20-16-6-4-5-7-18(16)25-3)21-22(13)14-8-10-15(24-2)11-9-14/h4-12H,1-3H3,(H,20,23). The van der Waals surface area contributed by atoms with Gasteiger partial charge in [0.2, 0.25) is 0 Å². The third kappa shape index (κ3) is 3.47. The smallest absolute Gasteiger partial charge is 0.276 e. The molecule has 0 spiro atoms. The van der Waals surface area contributed by atoms with Gasteiger partial charge in [0.25, 0.3) is 5.91 Å². The number of hydrogen-bond donors (Lipinski definition) is 1. The highest BCUT2D eigenvalue weighted by atomic mass is 16.5. The number of aryl methyl sites for hydroxylation is 1. The molecular formula is C19H19N3O3. The summed E-state index contributed by atoms with van der Waals surface area (Å²) in [6.07, 6.45) is 0. The molecule has 0 fully saturated rings. The molecular weight excluding hydrogens is 318 g/mol. The van der Waals surface area contributed by atoms with Crippen LogP contribution in [0.15, 0.2) is 54.6 Å². The number of rotatable bonds is 5. The van der Waals surface area contributed by atoms with Gasteiger partial charge in [-0.15, -0.1) is 0 Å². The zero-order valence-electron chi connectivity index (χ0n) is 14.3. The normalized spacial score (nSPS) is 10.4. The zero-order chi connectivity index (χ0) is 17.8. The second-order valence-corrected chi connectivity index (χ2v) is 5.44. The first-order valence-corrected chi connectivity index (χ1v) is 7.78.